The minimum absolute atomic E-state index is 0.00537. The van der Waals surface area contributed by atoms with E-state index < -0.39 is 0 Å². The van der Waals surface area contributed by atoms with E-state index in [2.05, 4.69) is 4.99 Å². The molecule has 0 bridgehead atoms. The molecule has 0 aromatic carbocycles. The number of hydrogen-bond acceptors (Lipinski definition) is 2. The van der Waals surface area contributed by atoms with Crippen molar-refractivity contribution < 1.29 is 4.79 Å². The molecule has 0 radical (unpaired) electrons. The summed E-state index contributed by atoms with van der Waals surface area (Å²) in [5.41, 5.74) is 15.5. The lowest BCUT2D eigenvalue weighted by molar-refractivity contribution is -0.122. The van der Waals surface area contributed by atoms with Crippen molar-refractivity contribution in [3.05, 3.63) is 0 Å². The molecular weight excluding hydrogens is 180 g/mol. The number of aliphatic imine (C=N–C) groups is 1. The van der Waals surface area contributed by atoms with E-state index in [0.29, 0.717) is 6.54 Å². The summed E-state index contributed by atoms with van der Waals surface area (Å²) in [4.78, 5) is 14.7. The Morgan fingerprint density at radius 1 is 1.29 bits per heavy atom. The van der Waals surface area contributed by atoms with Crippen molar-refractivity contribution >= 4 is 11.9 Å². The van der Waals surface area contributed by atoms with E-state index in [1.165, 1.54) is 0 Å². The highest BCUT2D eigenvalue weighted by Crippen LogP contribution is 2.11. The van der Waals surface area contributed by atoms with Crippen LogP contribution in [0.15, 0.2) is 4.99 Å². The van der Waals surface area contributed by atoms with Crippen LogP contribution in [0.1, 0.15) is 32.6 Å². The molecule has 5 heteroatoms. The summed E-state index contributed by atoms with van der Waals surface area (Å²) < 4.78 is 0. The van der Waals surface area contributed by atoms with Crippen molar-refractivity contribution in [1.82, 2.24) is 0 Å². The fraction of sp³-hybridized carbons (Fsp3) is 0.778. The van der Waals surface area contributed by atoms with Gasteiger partial charge >= 0.3 is 0 Å². The number of rotatable bonds is 7. The number of amides is 1. The van der Waals surface area contributed by atoms with E-state index >= 15 is 0 Å². The summed E-state index contributed by atoms with van der Waals surface area (Å²) in [7, 11) is 0. The number of carbonyl (C=O) groups is 1. The molecule has 0 fully saturated rings. The van der Waals surface area contributed by atoms with Gasteiger partial charge in [-0.15, -0.1) is 0 Å². The van der Waals surface area contributed by atoms with E-state index in [1.54, 1.807) is 0 Å². The van der Waals surface area contributed by atoms with E-state index in [1.807, 2.05) is 6.92 Å². The maximum atomic E-state index is 10.9. The van der Waals surface area contributed by atoms with Crippen LogP contribution in [0.3, 0.4) is 0 Å². The normalized spacial score (nSPS) is 12.1. The third-order valence-electron chi connectivity index (χ3n) is 2.15. The van der Waals surface area contributed by atoms with Gasteiger partial charge < -0.3 is 17.2 Å². The van der Waals surface area contributed by atoms with Gasteiger partial charge in [-0.05, 0) is 19.3 Å². The Morgan fingerprint density at radius 2 is 1.93 bits per heavy atom. The molecule has 0 aromatic heterocycles. The molecule has 0 aromatic rings. The summed E-state index contributed by atoms with van der Waals surface area (Å²) >= 11 is 0. The van der Waals surface area contributed by atoms with Crippen LogP contribution in [-0.2, 0) is 4.79 Å². The van der Waals surface area contributed by atoms with E-state index in [-0.39, 0.29) is 17.8 Å². The van der Waals surface area contributed by atoms with Crippen molar-refractivity contribution in [3.8, 4) is 0 Å². The first kappa shape index (κ1) is 12.7. The first-order chi connectivity index (χ1) is 6.57. The van der Waals surface area contributed by atoms with E-state index in [9.17, 15) is 4.79 Å². The number of nitrogens with zero attached hydrogens (tertiary/aromatic N) is 1. The van der Waals surface area contributed by atoms with Gasteiger partial charge in [0.05, 0.1) is 0 Å². The van der Waals surface area contributed by atoms with Gasteiger partial charge in [-0.25, -0.2) is 0 Å². The number of unbranched alkanes of at least 4 members (excludes halogenated alkanes) is 1. The Morgan fingerprint density at radius 3 is 2.36 bits per heavy atom. The largest absolute Gasteiger partial charge is 0.370 e. The number of nitrogens with two attached hydrogens (primary N) is 3. The summed E-state index contributed by atoms with van der Waals surface area (Å²) in [5, 5.41) is 0. The molecule has 82 valence electrons. The molecule has 0 saturated carbocycles. The lowest BCUT2D eigenvalue weighted by atomic mass is 9.99. The molecule has 0 aliphatic rings. The molecule has 6 N–H and O–H groups in total. The lowest BCUT2D eigenvalue weighted by Crippen LogP contribution is -2.23. The minimum Gasteiger partial charge on any atom is -0.370 e. The van der Waals surface area contributed by atoms with Crippen molar-refractivity contribution in [3.63, 3.8) is 0 Å². The molecular formula is C9H20N4O. The molecule has 0 unspecified atom stereocenters. The Balaban J connectivity index is 3.52. The zero-order valence-corrected chi connectivity index (χ0v) is 8.70. The quantitative estimate of drug-likeness (QED) is 0.304. The summed E-state index contributed by atoms with van der Waals surface area (Å²) in [6, 6.07) is 0. The average molecular weight is 200 g/mol. The van der Waals surface area contributed by atoms with Crippen molar-refractivity contribution in [2.45, 2.75) is 32.6 Å². The van der Waals surface area contributed by atoms with Crippen LogP contribution in [0.5, 0.6) is 0 Å². The predicted octanol–water partition coefficient (Wildman–Crippen LogP) is -0.0584. The number of carbonyl (C=O) groups excluding carboxylic acids is 1. The van der Waals surface area contributed by atoms with Gasteiger partial charge in [-0.2, -0.15) is 0 Å². The Bertz CT molecular complexity index is 199. The molecule has 0 spiro atoms. The van der Waals surface area contributed by atoms with Crippen LogP contribution in [0.4, 0.5) is 0 Å². The Kier molecular flexibility index (Phi) is 6.53. The van der Waals surface area contributed by atoms with Crippen molar-refractivity contribution in [2.24, 2.45) is 28.1 Å². The zero-order chi connectivity index (χ0) is 11.0. The molecule has 0 heterocycles. The first-order valence-electron chi connectivity index (χ1n) is 4.92. The molecule has 0 rings (SSSR count). The summed E-state index contributed by atoms with van der Waals surface area (Å²) in [6.07, 6.45) is 3.45. The standard InChI is InChI=1S/C9H20N4O/c1-2-7(8(10)14)5-3-4-6-13-9(11)12/h7H,2-6H2,1H3,(H2,10,14)(H4,11,12,13)/t7-/m0/s1. The highest BCUT2D eigenvalue weighted by molar-refractivity contribution is 5.76. The van der Waals surface area contributed by atoms with Crippen molar-refractivity contribution in [2.75, 3.05) is 6.54 Å². The van der Waals surface area contributed by atoms with Gasteiger partial charge in [0.2, 0.25) is 5.91 Å². The van der Waals surface area contributed by atoms with Gasteiger partial charge in [0.1, 0.15) is 0 Å². The smallest absolute Gasteiger partial charge is 0.220 e. The molecule has 0 saturated heterocycles. The minimum atomic E-state index is -0.214. The van der Waals surface area contributed by atoms with E-state index in [0.717, 1.165) is 25.7 Å². The van der Waals surface area contributed by atoms with Gasteiger partial charge in [-0.3, -0.25) is 9.79 Å². The van der Waals surface area contributed by atoms with Gasteiger partial charge in [0, 0.05) is 12.5 Å². The molecule has 0 aliphatic carbocycles. The predicted molar refractivity (Wildman–Crippen MR) is 57.5 cm³/mol. The fourth-order valence-electron chi connectivity index (χ4n) is 1.26. The Hall–Kier alpha value is -1.26. The molecule has 0 aliphatic heterocycles. The van der Waals surface area contributed by atoms with Crippen LogP contribution in [0.2, 0.25) is 0 Å². The van der Waals surface area contributed by atoms with E-state index in [4.69, 9.17) is 17.2 Å². The fourth-order valence-corrected chi connectivity index (χ4v) is 1.26. The third-order valence-corrected chi connectivity index (χ3v) is 2.15. The molecule has 5 nitrogen and oxygen atoms in total. The van der Waals surface area contributed by atoms with Crippen LogP contribution in [0.25, 0.3) is 0 Å². The topological polar surface area (TPSA) is 107 Å². The second kappa shape index (κ2) is 7.17. The molecule has 1 atom stereocenters. The first-order valence-corrected chi connectivity index (χ1v) is 4.92. The maximum absolute atomic E-state index is 10.9. The van der Waals surface area contributed by atoms with Gasteiger partial charge in [0.15, 0.2) is 5.96 Å². The number of primary amides is 1. The average Bonchev–Trinajstić information content (AvgIpc) is 2.10. The SMILES string of the molecule is CC[C@@H](CCCCN=C(N)N)C(N)=O. The monoisotopic (exact) mass is 200 g/mol. The van der Waals surface area contributed by atoms with Crippen molar-refractivity contribution in [1.29, 1.82) is 0 Å². The van der Waals surface area contributed by atoms with Gasteiger partial charge in [0.25, 0.3) is 0 Å². The van der Waals surface area contributed by atoms with Gasteiger partial charge in [-0.1, -0.05) is 13.3 Å². The van der Waals surface area contributed by atoms with Crippen LogP contribution < -0.4 is 17.2 Å². The maximum Gasteiger partial charge on any atom is 0.220 e. The summed E-state index contributed by atoms with van der Waals surface area (Å²) in [6.45, 7) is 2.59. The molecule has 14 heavy (non-hydrogen) atoms. The third kappa shape index (κ3) is 6.28. The van der Waals surface area contributed by atoms with Crippen LogP contribution in [0, 0.1) is 5.92 Å². The zero-order valence-electron chi connectivity index (χ0n) is 8.70. The number of hydrogen-bond donors (Lipinski definition) is 3. The number of guanidine groups is 1. The highest BCUT2D eigenvalue weighted by atomic mass is 16.1. The molecule has 1 amide bonds. The lowest BCUT2D eigenvalue weighted by Gasteiger charge is -2.09. The van der Waals surface area contributed by atoms with Crippen LogP contribution >= 0.6 is 0 Å². The second-order valence-electron chi connectivity index (χ2n) is 3.31. The summed E-state index contributed by atoms with van der Waals surface area (Å²) in [5.74, 6) is -0.101. The highest BCUT2D eigenvalue weighted by Gasteiger charge is 2.11. The second-order valence-corrected chi connectivity index (χ2v) is 3.31. The Labute approximate surface area is 84.7 Å². The van der Waals surface area contributed by atoms with Crippen LogP contribution in [-0.4, -0.2) is 18.4 Å².